The first-order valence-corrected chi connectivity index (χ1v) is 13.7. The lowest BCUT2D eigenvalue weighted by Gasteiger charge is -2.30. The number of hydrogen-bond acceptors (Lipinski definition) is 6. The van der Waals surface area contributed by atoms with Gasteiger partial charge in [-0.05, 0) is 65.0 Å². The number of carbonyl (C=O) groups excluding carboxylic acids is 1. The zero-order valence-corrected chi connectivity index (χ0v) is 23.3. The summed E-state index contributed by atoms with van der Waals surface area (Å²) in [6.07, 6.45) is 2.23. The van der Waals surface area contributed by atoms with Crippen molar-refractivity contribution < 1.29 is 19.4 Å². The molecule has 2 atom stereocenters. The summed E-state index contributed by atoms with van der Waals surface area (Å²) in [5.74, 6) is 0.661. The van der Waals surface area contributed by atoms with Gasteiger partial charge in [0.05, 0.1) is 13.2 Å². The summed E-state index contributed by atoms with van der Waals surface area (Å²) in [5, 5.41) is 16.5. The lowest BCUT2D eigenvalue weighted by molar-refractivity contribution is -0.128. The summed E-state index contributed by atoms with van der Waals surface area (Å²) >= 11 is 6.00. The van der Waals surface area contributed by atoms with Crippen LogP contribution in [0.4, 0.5) is 0 Å². The summed E-state index contributed by atoms with van der Waals surface area (Å²) in [7, 11) is 0. The number of carbonyl (C=O) groups is 1. The van der Waals surface area contributed by atoms with E-state index >= 15 is 0 Å². The SMILES string of the molecule is C=CC[C@@]1(C(=O)NCCc2ccc(Cl)cc2)N=C(c2ccc(OCCCO)cc2)O[C@@H]1c1ccccc1CN=[N+]=[N-]. The summed E-state index contributed by atoms with van der Waals surface area (Å²) < 4.78 is 12.1. The molecule has 0 spiro atoms. The summed E-state index contributed by atoms with van der Waals surface area (Å²) in [6, 6.07) is 22.1. The van der Waals surface area contributed by atoms with Crippen LogP contribution in [0.2, 0.25) is 5.02 Å². The lowest BCUT2D eigenvalue weighted by Crippen LogP contribution is -2.48. The predicted octanol–water partition coefficient (Wildman–Crippen LogP) is 6.10. The van der Waals surface area contributed by atoms with E-state index in [1.807, 2.05) is 60.7 Å². The fourth-order valence-corrected chi connectivity index (χ4v) is 4.80. The maximum atomic E-state index is 14.0. The van der Waals surface area contributed by atoms with Crippen molar-refractivity contribution in [3.8, 4) is 5.75 Å². The number of benzene rings is 3. The molecule has 0 radical (unpaired) electrons. The number of azide groups is 1. The second-order valence-corrected chi connectivity index (χ2v) is 9.94. The van der Waals surface area contributed by atoms with Crippen molar-refractivity contribution in [2.75, 3.05) is 19.8 Å². The Labute approximate surface area is 244 Å². The number of nitrogens with one attached hydrogen (secondary N) is 1. The number of halogens is 1. The molecule has 0 aliphatic carbocycles. The zero-order valence-electron chi connectivity index (χ0n) is 22.6. The average molecular weight is 574 g/mol. The van der Waals surface area contributed by atoms with E-state index in [1.54, 1.807) is 18.2 Å². The van der Waals surface area contributed by atoms with Crippen LogP contribution >= 0.6 is 11.6 Å². The molecule has 41 heavy (non-hydrogen) atoms. The lowest BCUT2D eigenvalue weighted by atomic mass is 9.82. The number of rotatable bonds is 14. The average Bonchev–Trinajstić information content (AvgIpc) is 3.38. The Bertz CT molecular complexity index is 1420. The molecule has 10 heteroatoms. The van der Waals surface area contributed by atoms with Gasteiger partial charge in [-0.15, -0.1) is 6.58 Å². The molecule has 0 fully saturated rings. The van der Waals surface area contributed by atoms with Crippen LogP contribution in [0.25, 0.3) is 10.4 Å². The van der Waals surface area contributed by atoms with Crippen LogP contribution in [0.5, 0.6) is 5.75 Å². The minimum atomic E-state index is -1.35. The molecule has 1 aliphatic heterocycles. The van der Waals surface area contributed by atoms with E-state index in [2.05, 4.69) is 21.9 Å². The van der Waals surface area contributed by atoms with Crippen LogP contribution in [-0.4, -0.2) is 42.2 Å². The van der Waals surface area contributed by atoms with Crippen molar-refractivity contribution in [2.24, 2.45) is 10.1 Å². The third-order valence-corrected chi connectivity index (χ3v) is 6.99. The number of aliphatic hydroxyl groups is 1. The zero-order chi connectivity index (χ0) is 29.1. The van der Waals surface area contributed by atoms with Crippen molar-refractivity contribution >= 4 is 23.4 Å². The molecule has 212 valence electrons. The molecule has 1 amide bonds. The largest absolute Gasteiger partial charge is 0.494 e. The quantitative estimate of drug-likeness (QED) is 0.0793. The Kier molecular flexibility index (Phi) is 10.4. The van der Waals surface area contributed by atoms with Gasteiger partial charge in [0, 0.05) is 41.5 Å². The molecule has 0 bridgehead atoms. The van der Waals surface area contributed by atoms with Gasteiger partial charge < -0.3 is 19.9 Å². The summed E-state index contributed by atoms with van der Waals surface area (Å²) in [5.41, 5.74) is 10.8. The number of nitrogens with zero attached hydrogens (tertiary/aromatic N) is 4. The van der Waals surface area contributed by atoms with E-state index in [4.69, 9.17) is 36.7 Å². The molecule has 2 N–H and O–H groups in total. The summed E-state index contributed by atoms with van der Waals surface area (Å²) in [4.78, 5) is 21.8. The van der Waals surface area contributed by atoms with Crippen LogP contribution in [0, 0.1) is 0 Å². The fourth-order valence-electron chi connectivity index (χ4n) is 4.68. The van der Waals surface area contributed by atoms with Crippen molar-refractivity contribution in [1.29, 1.82) is 0 Å². The highest BCUT2D eigenvalue weighted by molar-refractivity contribution is 6.30. The standard InChI is InChI=1S/C31H32ClN5O4/c1-2-17-31(30(39)34-18-16-22-8-12-25(32)13-9-22)28(27-7-4-3-6-24(27)21-35-37-33)41-29(36-31)23-10-14-26(15-11-23)40-20-5-19-38/h2-4,6-15,28,38H,1,5,16-21H2,(H,34,39)/t28-,31-/m1/s1. The highest BCUT2D eigenvalue weighted by Crippen LogP contribution is 2.44. The topological polar surface area (TPSA) is 129 Å². The van der Waals surface area contributed by atoms with Gasteiger partial charge in [-0.1, -0.05) is 59.2 Å². The smallest absolute Gasteiger partial charge is 0.252 e. The van der Waals surface area contributed by atoms with Crippen molar-refractivity contribution in [3.63, 3.8) is 0 Å². The Hall–Kier alpha value is -4.30. The molecule has 4 rings (SSSR count). The molecule has 1 heterocycles. The molecule has 0 unspecified atom stereocenters. The van der Waals surface area contributed by atoms with Crippen molar-refractivity contribution in [2.45, 2.75) is 37.5 Å². The Morgan fingerprint density at radius 1 is 1.20 bits per heavy atom. The Balaban J connectivity index is 1.67. The maximum Gasteiger partial charge on any atom is 0.252 e. The maximum absolute atomic E-state index is 14.0. The molecule has 1 aliphatic rings. The first-order valence-electron chi connectivity index (χ1n) is 13.3. The first kappa shape index (κ1) is 29.7. The number of aliphatic imine (C=N–C) groups is 1. The second kappa shape index (κ2) is 14.4. The second-order valence-electron chi connectivity index (χ2n) is 9.50. The number of ether oxygens (including phenoxy) is 2. The van der Waals surface area contributed by atoms with Gasteiger partial charge in [-0.25, -0.2) is 4.99 Å². The molecule has 0 saturated carbocycles. The molecule has 3 aromatic carbocycles. The minimum absolute atomic E-state index is 0.0540. The third-order valence-electron chi connectivity index (χ3n) is 6.74. The first-order chi connectivity index (χ1) is 20.0. The number of aliphatic hydroxyl groups excluding tert-OH is 1. The van der Waals surface area contributed by atoms with Crippen LogP contribution in [0.3, 0.4) is 0 Å². The van der Waals surface area contributed by atoms with Gasteiger partial charge in [-0.2, -0.15) is 0 Å². The van der Waals surface area contributed by atoms with Crippen LogP contribution < -0.4 is 10.1 Å². The highest BCUT2D eigenvalue weighted by atomic mass is 35.5. The molecule has 9 nitrogen and oxygen atoms in total. The van der Waals surface area contributed by atoms with E-state index in [0.717, 1.165) is 11.1 Å². The van der Waals surface area contributed by atoms with E-state index in [1.165, 1.54) is 0 Å². The molecule has 0 saturated heterocycles. The predicted molar refractivity (Wildman–Crippen MR) is 159 cm³/mol. The molecule has 3 aromatic rings. The minimum Gasteiger partial charge on any atom is -0.494 e. The van der Waals surface area contributed by atoms with E-state index < -0.39 is 11.6 Å². The van der Waals surface area contributed by atoms with Crippen molar-refractivity contribution in [3.05, 3.63) is 123 Å². The monoisotopic (exact) mass is 573 g/mol. The van der Waals surface area contributed by atoms with Gasteiger partial charge in [0.1, 0.15) is 5.75 Å². The number of amides is 1. The molecular weight excluding hydrogens is 542 g/mol. The van der Waals surface area contributed by atoms with Crippen molar-refractivity contribution in [1.82, 2.24) is 5.32 Å². The van der Waals surface area contributed by atoms with E-state index in [9.17, 15) is 4.79 Å². The van der Waals surface area contributed by atoms with E-state index in [-0.39, 0.29) is 25.5 Å². The molecular formula is C31H32ClN5O4. The van der Waals surface area contributed by atoms with Gasteiger partial charge >= 0.3 is 0 Å². The number of hydrogen-bond donors (Lipinski definition) is 2. The highest BCUT2D eigenvalue weighted by Gasteiger charge is 2.52. The van der Waals surface area contributed by atoms with Gasteiger partial charge in [-0.3, -0.25) is 4.79 Å². The van der Waals surface area contributed by atoms with Crippen LogP contribution in [-0.2, 0) is 22.5 Å². The fraction of sp³-hybridized carbons (Fsp3) is 0.290. The van der Waals surface area contributed by atoms with Gasteiger partial charge in [0.25, 0.3) is 5.91 Å². The van der Waals surface area contributed by atoms with Gasteiger partial charge in [0.15, 0.2) is 11.6 Å². The Morgan fingerprint density at radius 3 is 2.66 bits per heavy atom. The van der Waals surface area contributed by atoms with Gasteiger partial charge in [0.2, 0.25) is 5.90 Å². The van der Waals surface area contributed by atoms with Crippen LogP contribution in [0.1, 0.15) is 41.2 Å². The van der Waals surface area contributed by atoms with E-state index in [0.29, 0.717) is 53.8 Å². The van der Waals surface area contributed by atoms with Crippen LogP contribution in [0.15, 0.2) is 95.6 Å². The third kappa shape index (κ3) is 7.27. The normalized spacial score (nSPS) is 17.6. The molecule has 0 aromatic heterocycles. The summed E-state index contributed by atoms with van der Waals surface area (Å²) in [6.45, 7) is 4.85. The Morgan fingerprint density at radius 2 is 1.95 bits per heavy atom.